The van der Waals surface area contributed by atoms with Crippen molar-refractivity contribution in [1.82, 2.24) is 9.62 Å². The molecule has 0 bridgehead atoms. The average molecular weight is 365 g/mol. The van der Waals surface area contributed by atoms with Gasteiger partial charge >= 0.3 is 0 Å². The molecule has 3 rings (SSSR count). The summed E-state index contributed by atoms with van der Waals surface area (Å²) in [6.45, 7) is 5.29. The summed E-state index contributed by atoms with van der Waals surface area (Å²) in [5.74, 6) is 0.201. The van der Waals surface area contributed by atoms with Crippen LogP contribution in [0, 0.1) is 5.92 Å². The molecule has 1 fully saturated rings. The van der Waals surface area contributed by atoms with Crippen molar-refractivity contribution in [2.45, 2.75) is 69.9 Å². The Hall–Kier alpha value is -1.40. The van der Waals surface area contributed by atoms with Crippen molar-refractivity contribution in [1.29, 1.82) is 0 Å². The Labute approximate surface area is 150 Å². The van der Waals surface area contributed by atoms with Gasteiger partial charge in [-0.05, 0) is 48.9 Å². The second-order valence-corrected chi connectivity index (χ2v) is 9.09. The summed E-state index contributed by atoms with van der Waals surface area (Å²) >= 11 is 0. The lowest BCUT2D eigenvalue weighted by Crippen LogP contribution is -2.40. The molecular formula is C19H28N2O3S. The number of carbonyl (C=O) groups excluding carboxylic acids is 1. The maximum Gasteiger partial charge on any atom is 0.240 e. The highest BCUT2D eigenvalue weighted by molar-refractivity contribution is 7.89. The Kier molecular flexibility index (Phi) is 5.49. The third-order valence-electron chi connectivity index (χ3n) is 5.38. The SMILES string of the molecule is CCC[C@H](C)C(=O)N1CCc2ccc(S(=O)(=O)NC3CCC3)cc2C1. The molecule has 1 aliphatic heterocycles. The Morgan fingerprint density at radius 2 is 2.08 bits per heavy atom. The predicted octanol–water partition coefficient (Wildman–Crippen LogP) is 2.84. The van der Waals surface area contributed by atoms with Crippen molar-refractivity contribution in [2.24, 2.45) is 5.92 Å². The lowest BCUT2D eigenvalue weighted by molar-refractivity contribution is -0.136. The van der Waals surface area contributed by atoms with E-state index >= 15 is 0 Å². The number of carbonyl (C=O) groups is 1. The van der Waals surface area contributed by atoms with E-state index in [1.165, 1.54) is 0 Å². The van der Waals surface area contributed by atoms with Crippen LogP contribution in [-0.4, -0.2) is 31.8 Å². The van der Waals surface area contributed by atoms with E-state index in [0.29, 0.717) is 18.0 Å². The second-order valence-electron chi connectivity index (χ2n) is 7.38. The van der Waals surface area contributed by atoms with Crippen LogP contribution in [-0.2, 0) is 27.8 Å². The fourth-order valence-electron chi connectivity index (χ4n) is 3.57. The largest absolute Gasteiger partial charge is 0.338 e. The van der Waals surface area contributed by atoms with Gasteiger partial charge in [0.05, 0.1) is 4.90 Å². The fourth-order valence-corrected chi connectivity index (χ4v) is 4.93. The molecule has 0 spiro atoms. The molecular weight excluding hydrogens is 336 g/mol. The molecule has 138 valence electrons. The minimum Gasteiger partial charge on any atom is -0.338 e. The molecule has 5 nitrogen and oxygen atoms in total. The van der Waals surface area contributed by atoms with Gasteiger partial charge in [0.25, 0.3) is 0 Å². The molecule has 1 aromatic rings. The highest BCUT2D eigenvalue weighted by atomic mass is 32.2. The first-order valence-electron chi connectivity index (χ1n) is 9.33. The minimum atomic E-state index is -3.47. The normalized spacial score (nSPS) is 19.2. The molecule has 1 atom stereocenters. The lowest BCUT2D eigenvalue weighted by Gasteiger charge is -2.31. The van der Waals surface area contributed by atoms with Crippen LogP contribution in [0.4, 0.5) is 0 Å². The number of nitrogens with one attached hydrogen (secondary N) is 1. The maximum absolute atomic E-state index is 12.6. The van der Waals surface area contributed by atoms with E-state index in [0.717, 1.165) is 49.7 Å². The summed E-state index contributed by atoms with van der Waals surface area (Å²) in [7, 11) is -3.47. The van der Waals surface area contributed by atoms with Crippen molar-refractivity contribution in [2.75, 3.05) is 6.54 Å². The van der Waals surface area contributed by atoms with Gasteiger partial charge in [0, 0.05) is 25.0 Å². The van der Waals surface area contributed by atoms with Crippen LogP contribution in [0.5, 0.6) is 0 Å². The zero-order valence-corrected chi connectivity index (χ0v) is 15.9. The van der Waals surface area contributed by atoms with Gasteiger partial charge in [0.15, 0.2) is 0 Å². The van der Waals surface area contributed by atoms with Crippen LogP contribution in [0.2, 0.25) is 0 Å². The summed E-state index contributed by atoms with van der Waals surface area (Å²) in [5.41, 5.74) is 2.11. The van der Waals surface area contributed by atoms with Gasteiger partial charge in [-0.2, -0.15) is 0 Å². The van der Waals surface area contributed by atoms with E-state index in [4.69, 9.17) is 0 Å². The van der Waals surface area contributed by atoms with Crippen LogP contribution in [0.1, 0.15) is 57.1 Å². The third-order valence-corrected chi connectivity index (χ3v) is 6.90. The minimum absolute atomic E-state index is 0.0266. The standard InChI is InChI=1S/C19H28N2O3S/c1-3-5-14(2)19(22)21-11-10-15-8-9-18(12-16(15)13-21)25(23,24)20-17-6-4-7-17/h8-9,12,14,17,20H,3-7,10-11,13H2,1-2H3/t14-/m0/s1. The molecule has 2 aliphatic rings. The van der Waals surface area contributed by atoms with Crippen molar-refractivity contribution in [3.63, 3.8) is 0 Å². The molecule has 6 heteroatoms. The summed E-state index contributed by atoms with van der Waals surface area (Å²) in [5, 5.41) is 0. The van der Waals surface area contributed by atoms with Crippen LogP contribution in [0.25, 0.3) is 0 Å². The molecule has 1 heterocycles. The zero-order chi connectivity index (χ0) is 18.0. The van der Waals surface area contributed by atoms with E-state index in [1.54, 1.807) is 12.1 Å². The molecule has 1 N–H and O–H groups in total. The smallest absolute Gasteiger partial charge is 0.240 e. The van der Waals surface area contributed by atoms with Gasteiger partial charge in [-0.3, -0.25) is 4.79 Å². The molecule has 1 aliphatic carbocycles. The van der Waals surface area contributed by atoms with Gasteiger partial charge in [-0.1, -0.05) is 32.8 Å². The molecule has 1 amide bonds. The van der Waals surface area contributed by atoms with Crippen molar-refractivity contribution in [3.8, 4) is 0 Å². The molecule has 0 radical (unpaired) electrons. The number of hydrogen-bond donors (Lipinski definition) is 1. The van der Waals surface area contributed by atoms with Crippen molar-refractivity contribution in [3.05, 3.63) is 29.3 Å². The van der Waals surface area contributed by atoms with Gasteiger partial charge in [0.1, 0.15) is 0 Å². The Morgan fingerprint density at radius 1 is 1.32 bits per heavy atom. The van der Waals surface area contributed by atoms with Gasteiger partial charge in [-0.25, -0.2) is 13.1 Å². The summed E-state index contributed by atoms with van der Waals surface area (Å²) < 4.78 is 27.9. The quantitative estimate of drug-likeness (QED) is 0.844. The number of fused-ring (bicyclic) bond motifs is 1. The van der Waals surface area contributed by atoms with E-state index in [-0.39, 0.29) is 17.9 Å². The number of amides is 1. The van der Waals surface area contributed by atoms with Crippen LogP contribution < -0.4 is 4.72 Å². The molecule has 0 unspecified atom stereocenters. The number of benzene rings is 1. The lowest BCUT2D eigenvalue weighted by atomic mass is 9.94. The zero-order valence-electron chi connectivity index (χ0n) is 15.1. The van der Waals surface area contributed by atoms with Crippen molar-refractivity contribution >= 4 is 15.9 Å². The maximum atomic E-state index is 12.6. The van der Waals surface area contributed by atoms with E-state index in [1.807, 2.05) is 17.9 Å². The number of nitrogens with zero attached hydrogens (tertiary/aromatic N) is 1. The number of hydrogen-bond acceptors (Lipinski definition) is 3. The fraction of sp³-hybridized carbons (Fsp3) is 0.632. The average Bonchev–Trinajstić information content (AvgIpc) is 2.57. The number of rotatable bonds is 6. The van der Waals surface area contributed by atoms with Crippen LogP contribution >= 0.6 is 0 Å². The van der Waals surface area contributed by atoms with E-state index in [2.05, 4.69) is 11.6 Å². The van der Waals surface area contributed by atoms with Gasteiger partial charge in [0.2, 0.25) is 15.9 Å². The predicted molar refractivity (Wildman–Crippen MR) is 97.6 cm³/mol. The molecule has 0 aromatic heterocycles. The van der Waals surface area contributed by atoms with E-state index < -0.39 is 10.0 Å². The van der Waals surface area contributed by atoms with Gasteiger partial charge < -0.3 is 4.90 Å². The molecule has 25 heavy (non-hydrogen) atoms. The summed E-state index contributed by atoms with van der Waals surface area (Å²) in [6.07, 6.45) is 5.60. The first-order chi connectivity index (χ1) is 11.9. The topological polar surface area (TPSA) is 66.5 Å². The first-order valence-corrected chi connectivity index (χ1v) is 10.8. The Bertz CT molecular complexity index is 741. The monoisotopic (exact) mass is 364 g/mol. The first kappa shape index (κ1) is 18.4. The van der Waals surface area contributed by atoms with Gasteiger partial charge in [-0.15, -0.1) is 0 Å². The summed E-state index contributed by atoms with van der Waals surface area (Å²) in [4.78, 5) is 14.8. The number of sulfonamides is 1. The van der Waals surface area contributed by atoms with E-state index in [9.17, 15) is 13.2 Å². The Balaban J connectivity index is 1.76. The highest BCUT2D eigenvalue weighted by Gasteiger charge is 2.28. The third kappa shape index (κ3) is 4.06. The summed E-state index contributed by atoms with van der Waals surface area (Å²) in [6, 6.07) is 5.42. The Morgan fingerprint density at radius 3 is 2.72 bits per heavy atom. The molecule has 1 aromatic carbocycles. The van der Waals surface area contributed by atoms with Crippen LogP contribution in [0.3, 0.4) is 0 Å². The highest BCUT2D eigenvalue weighted by Crippen LogP contribution is 2.26. The van der Waals surface area contributed by atoms with Crippen molar-refractivity contribution < 1.29 is 13.2 Å². The second kappa shape index (κ2) is 7.46. The van der Waals surface area contributed by atoms with Crippen LogP contribution in [0.15, 0.2) is 23.1 Å². The molecule has 0 saturated heterocycles. The molecule has 1 saturated carbocycles.